The second kappa shape index (κ2) is 9.50. The minimum absolute atomic E-state index is 0.226. The summed E-state index contributed by atoms with van der Waals surface area (Å²) in [4.78, 5) is 17.4. The van der Waals surface area contributed by atoms with Crippen LogP contribution in [0.25, 0.3) is 0 Å². The lowest BCUT2D eigenvalue weighted by atomic mass is 10.1. The van der Waals surface area contributed by atoms with Crippen LogP contribution in [0.2, 0.25) is 0 Å². The first-order chi connectivity index (χ1) is 12.7. The SMILES string of the molecule is O=C(NCc1cccs1)c1ccc(F)nc1SCCCc1ccccc1. The van der Waals surface area contributed by atoms with Gasteiger partial charge in [0, 0.05) is 4.88 Å². The van der Waals surface area contributed by atoms with Crippen molar-refractivity contribution in [3.8, 4) is 0 Å². The summed E-state index contributed by atoms with van der Waals surface area (Å²) in [6.07, 6.45) is 1.88. The number of thiophene rings is 1. The zero-order valence-electron chi connectivity index (χ0n) is 14.2. The van der Waals surface area contributed by atoms with Gasteiger partial charge in [0.15, 0.2) is 0 Å². The predicted octanol–water partition coefficient (Wildman–Crippen LogP) is 4.94. The number of thioether (sulfide) groups is 1. The van der Waals surface area contributed by atoms with E-state index in [2.05, 4.69) is 22.4 Å². The summed E-state index contributed by atoms with van der Waals surface area (Å²) in [6.45, 7) is 0.464. The fourth-order valence-corrected chi connectivity index (χ4v) is 4.06. The molecule has 26 heavy (non-hydrogen) atoms. The van der Waals surface area contributed by atoms with Gasteiger partial charge in [-0.25, -0.2) is 4.98 Å². The number of carbonyl (C=O) groups is 1. The van der Waals surface area contributed by atoms with Crippen LogP contribution in [0.4, 0.5) is 4.39 Å². The van der Waals surface area contributed by atoms with E-state index in [0.29, 0.717) is 17.1 Å². The van der Waals surface area contributed by atoms with E-state index in [4.69, 9.17) is 0 Å². The molecule has 1 aromatic carbocycles. The van der Waals surface area contributed by atoms with Crippen LogP contribution < -0.4 is 5.32 Å². The number of aromatic nitrogens is 1. The zero-order valence-corrected chi connectivity index (χ0v) is 15.8. The Kier molecular flexibility index (Phi) is 6.80. The van der Waals surface area contributed by atoms with Crippen molar-refractivity contribution in [3.63, 3.8) is 0 Å². The van der Waals surface area contributed by atoms with Crippen LogP contribution in [0, 0.1) is 5.95 Å². The summed E-state index contributed by atoms with van der Waals surface area (Å²) in [5.74, 6) is -0.0156. The number of aryl methyl sites for hydroxylation is 1. The monoisotopic (exact) mass is 386 g/mol. The molecule has 0 aliphatic rings. The van der Waals surface area contributed by atoms with Gasteiger partial charge in [-0.1, -0.05) is 36.4 Å². The Labute approximate surface area is 160 Å². The predicted molar refractivity (Wildman–Crippen MR) is 105 cm³/mol. The van der Waals surface area contributed by atoms with Gasteiger partial charge in [0.05, 0.1) is 12.1 Å². The maximum Gasteiger partial charge on any atom is 0.254 e. The topological polar surface area (TPSA) is 42.0 Å². The van der Waals surface area contributed by atoms with Crippen molar-refractivity contribution in [3.05, 3.63) is 81.9 Å². The van der Waals surface area contributed by atoms with Crippen LogP contribution in [0.5, 0.6) is 0 Å². The molecule has 134 valence electrons. The van der Waals surface area contributed by atoms with Crippen molar-refractivity contribution < 1.29 is 9.18 Å². The molecule has 2 heterocycles. The zero-order chi connectivity index (χ0) is 18.2. The van der Waals surface area contributed by atoms with Crippen LogP contribution in [0.15, 0.2) is 65.0 Å². The molecule has 6 heteroatoms. The molecular formula is C20H19FN2OS2. The van der Waals surface area contributed by atoms with Gasteiger partial charge in [0.1, 0.15) is 5.03 Å². The molecule has 0 saturated carbocycles. The van der Waals surface area contributed by atoms with E-state index < -0.39 is 5.95 Å². The van der Waals surface area contributed by atoms with Crippen LogP contribution in [0.1, 0.15) is 27.2 Å². The number of amides is 1. The van der Waals surface area contributed by atoms with Crippen LogP contribution in [0.3, 0.4) is 0 Å². The van der Waals surface area contributed by atoms with E-state index in [1.165, 1.54) is 29.5 Å². The first-order valence-corrected chi connectivity index (χ1v) is 10.2. The number of carbonyl (C=O) groups excluding carboxylic acids is 1. The average Bonchev–Trinajstić information content (AvgIpc) is 3.18. The Hall–Kier alpha value is -2.18. The highest BCUT2D eigenvalue weighted by atomic mass is 32.2. The first-order valence-electron chi connectivity index (χ1n) is 8.36. The number of halogens is 1. The smallest absolute Gasteiger partial charge is 0.254 e. The molecule has 0 bridgehead atoms. The number of benzene rings is 1. The van der Waals surface area contributed by atoms with Gasteiger partial charge >= 0.3 is 0 Å². The first kappa shape index (κ1) is 18.6. The normalized spacial score (nSPS) is 10.7. The fourth-order valence-electron chi connectivity index (χ4n) is 2.47. The van der Waals surface area contributed by atoms with Gasteiger partial charge in [-0.3, -0.25) is 4.79 Å². The maximum atomic E-state index is 13.5. The summed E-state index contributed by atoms with van der Waals surface area (Å²) >= 11 is 3.01. The highest BCUT2D eigenvalue weighted by Crippen LogP contribution is 2.22. The third kappa shape index (κ3) is 5.41. The molecule has 3 rings (SSSR count). The molecule has 0 spiro atoms. The molecule has 0 aliphatic carbocycles. The van der Waals surface area contributed by atoms with Crippen molar-refractivity contribution >= 4 is 29.0 Å². The second-order valence-corrected chi connectivity index (χ2v) is 7.80. The molecule has 2 aromatic heterocycles. The minimum Gasteiger partial charge on any atom is -0.347 e. The number of hydrogen-bond acceptors (Lipinski definition) is 4. The Morgan fingerprint density at radius 2 is 1.96 bits per heavy atom. The van der Waals surface area contributed by atoms with Crippen LogP contribution in [-0.2, 0) is 13.0 Å². The number of rotatable bonds is 8. The summed E-state index contributed by atoms with van der Waals surface area (Å²) in [6, 6.07) is 16.9. The van der Waals surface area contributed by atoms with Crippen molar-refractivity contribution in [1.29, 1.82) is 0 Å². The van der Waals surface area contributed by atoms with Crippen LogP contribution >= 0.6 is 23.1 Å². The molecule has 3 nitrogen and oxygen atoms in total. The van der Waals surface area contributed by atoms with Gasteiger partial charge < -0.3 is 5.32 Å². The standard InChI is InChI=1S/C20H19FN2OS2/c21-18-11-10-17(19(24)22-14-16-9-5-12-25-16)20(23-18)26-13-4-8-15-6-2-1-3-7-15/h1-3,5-7,9-12H,4,8,13-14H2,(H,22,24). The lowest BCUT2D eigenvalue weighted by molar-refractivity contribution is 0.0947. The molecule has 1 N–H and O–H groups in total. The molecule has 0 aliphatic heterocycles. The number of pyridine rings is 1. The maximum absolute atomic E-state index is 13.5. The molecular weight excluding hydrogens is 367 g/mol. The Bertz CT molecular complexity index is 838. The molecule has 3 aromatic rings. The van der Waals surface area contributed by atoms with E-state index in [0.717, 1.165) is 23.5 Å². The molecule has 0 fully saturated rings. The summed E-state index contributed by atoms with van der Waals surface area (Å²) in [5, 5.41) is 5.29. The van der Waals surface area contributed by atoms with E-state index in [9.17, 15) is 9.18 Å². The fraction of sp³-hybridized carbons (Fsp3) is 0.200. The quantitative estimate of drug-likeness (QED) is 0.339. The van der Waals surface area contributed by atoms with E-state index in [1.54, 1.807) is 11.3 Å². The Morgan fingerprint density at radius 1 is 1.12 bits per heavy atom. The highest BCUT2D eigenvalue weighted by Gasteiger charge is 2.14. The van der Waals surface area contributed by atoms with E-state index in [1.807, 2.05) is 35.7 Å². The number of nitrogens with one attached hydrogen (secondary N) is 1. The highest BCUT2D eigenvalue weighted by molar-refractivity contribution is 7.99. The molecule has 0 radical (unpaired) electrons. The van der Waals surface area contributed by atoms with Gasteiger partial charge in [0.25, 0.3) is 5.91 Å². The van der Waals surface area contributed by atoms with Gasteiger partial charge in [0.2, 0.25) is 5.95 Å². The Balaban J connectivity index is 1.57. The lowest BCUT2D eigenvalue weighted by Crippen LogP contribution is -2.23. The molecule has 0 unspecified atom stereocenters. The van der Waals surface area contributed by atoms with Crippen molar-refractivity contribution in [1.82, 2.24) is 10.3 Å². The largest absolute Gasteiger partial charge is 0.347 e. The van der Waals surface area contributed by atoms with Crippen LogP contribution in [-0.4, -0.2) is 16.6 Å². The lowest BCUT2D eigenvalue weighted by Gasteiger charge is -2.09. The van der Waals surface area contributed by atoms with Crippen molar-refractivity contribution in [2.75, 3.05) is 5.75 Å². The van der Waals surface area contributed by atoms with Gasteiger partial charge in [-0.2, -0.15) is 4.39 Å². The van der Waals surface area contributed by atoms with E-state index in [-0.39, 0.29) is 5.91 Å². The molecule has 0 atom stereocenters. The van der Waals surface area contributed by atoms with Gasteiger partial charge in [-0.05, 0) is 47.7 Å². The second-order valence-electron chi connectivity index (χ2n) is 5.69. The van der Waals surface area contributed by atoms with Crippen molar-refractivity contribution in [2.24, 2.45) is 0 Å². The van der Waals surface area contributed by atoms with Gasteiger partial charge in [-0.15, -0.1) is 23.1 Å². The summed E-state index contributed by atoms with van der Waals surface area (Å²) in [7, 11) is 0. The molecule has 0 saturated heterocycles. The van der Waals surface area contributed by atoms with Crippen molar-refractivity contribution in [2.45, 2.75) is 24.4 Å². The minimum atomic E-state index is -0.564. The molecule has 1 amide bonds. The number of hydrogen-bond donors (Lipinski definition) is 1. The summed E-state index contributed by atoms with van der Waals surface area (Å²) in [5.41, 5.74) is 1.70. The summed E-state index contributed by atoms with van der Waals surface area (Å²) < 4.78 is 13.5. The third-order valence-corrected chi connectivity index (χ3v) is 5.72. The van der Waals surface area contributed by atoms with E-state index >= 15 is 0 Å². The number of nitrogens with zero attached hydrogens (tertiary/aromatic N) is 1. The Morgan fingerprint density at radius 3 is 2.73 bits per heavy atom. The average molecular weight is 387 g/mol. The third-order valence-electron chi connectivity index (χ3n) is 3.77.